The fourth-order valence-corrected chi connectivity index (χ4v) is 3.67. The molecular weight excluding hydrogens is 428 g/mol. The van der Waals surface area contributed by atoms with E-state index in [9.17, 15) is 30.8 Å². The SMILES string of the molecule is Cc1cc(C(C)C)c(C(=O)Oc2c(F)c(F)c(S(=O)(=O)O)c(F)c2F)c(C(C)C)c1. The predicted molar refractivity (Wildman–Crippen MR) is 100 cm³/mol. The quantitative estimate of drug-likeness (QED) is 0.222. The number of carbonyl (C=O) groups is 1. The maximum atomic E-state index is 14.3. The van der Waals surface area contributed by atoms with Gasteiger partial charge in [-0.05, 0) is 29.9 Å². The second kappa shape index (κ2) is 8.35. The van der Waals surface area contributed by atoms with Crippen molar-refractivity contribution < 1.29 is 40.1 Å². The minimum Gasteiger partial charge on any atom is -0.416 e. The molecule has 30 heavy (non-hydrogen) atoms. The van der Waals surface area contributed by atoms with Crippen LogP contribution in [0.4, 0.5) is 17.6 Å². The van der Waals surface area contributed by atoms with Crippen LogP contribution in [0, 0.1) is 30.2 Å². The van der Waals surface area contributed by atoms with Crippen LogP contribution < -0.4 is 4.74 Å². The lowest BCUT2D eigenvalue weighted by Crippen LogP contribution is -2.19. The van der Waals surface area contributed by atoms with Gasteiger partial charge in [-0.25, -0.2) is 13.6 Å². The van der Waals surface area contributed by atoms with Crippen molar-refractivity contribution in [2.75, 3.05) is 0 Å². The molecule has 0 bridgehead atoms. The van der Waals surface area contributed by atoms with Gasteiger partial charge in [-0.1, -0.05) is 45.4 Å². The molecule has 0 amide bonds. The van der Waals surface area contributed by atoms with E-state index in [4.69, 9.17) is 4.55 Å². The number of hydrogen-bond donors (Lipinski definition) is 1. The maximum Gasteiger partial charge on any atom is 0.344 e. The zero-order valence-electron chi connectivity index (χ0n) is 16.8. The van der Waals surface area contributed by atoms with Crippen molar-refractivity contribution in [1.82, 2.24) is 0 Å². The van der Waals surface area contributed by atoms with E-state index in [1.165, 1.54) is 0 Å². The molecule has 0 saturated carbocycles. The summed E-state index contributed by atoms with van der Waals surface area (Å²) in [4.78, 5) is 10.6. The van der Waals surface area contributed by atoms with Crippen LogP contribution in [0.2, 0.25) is 0 Å². The number of carbonyl (C=O) groups excluding carboxylic acids is 1. The Balaban J connectivity index is 2.71. The van der Waals surface area contributed by atoms with Crippen molar-refractivity contribution >= 4 is 16.1 Å². The number of esters is 1. The van der Waals surface area contributed by atoms with E-state index in [1.807, 2.05) is 0 Å². The Kier molecular flexibility index (Phi) is 6.63. The lowest BCUT2D eigenvalue weighted by atomic mass is 9.87. The van der Waals surface area contributed by atoms with Gasteiger partial charge < -0.3 is 4.74 Å². The number of benzene rings is 2. The predicted octanol–water partition coefficient (Wildman–Crippen LogP) is 5.26. The topological polar surface area (TPSA) is 80.7 Å². The first-order valence-electron chi connectivity index (χ1n) is 8.88. The molecule has 0 fully saturated rings. The monoisotopic (exact) mass is 448 g/mol. The van der Waals surface area contributed by atoms with Crippen LogP contribution in [0.25, 0.3) is 0 Å². The summed E-state index contributed by atoms with van der Waals surface area (Å²) in [7, 11) is -5.62. The summed E-state index contributed by atoms with van der Waals surface area (Å²) in [6.45, 7) is 8.90. The van der Waals surface area contributed by atoms with E-state index in [0.29, 0.717) is 11.1 Å². The molecule has 0 heterocycles. The largest absolute Gasteiger partial charge is 0.416 e. The smallest absolute Gasteiger partial charge is 0.344 e. The van der Waals surface area contributed by atoms with Crippen LogP contribution in [0.1, 0.15) is 66.6 Å². The molecule has 164 valence electrons. The van der Waals surface area contributed by atoms with Crippen molar-refractivity contribution in [3.05, 3.63) is 57.7 Å². The van der Waals surface area contributed by atoms with Crippen molar-refractivity contribution in [2.24, 2.45) is 0 Å². The fourth-order valence-electron chi connectivity index (χ4n) is 3.04. The highest BCUT2D eigenvalue weighted by Gasteiger charge is 2.35. The van der Waals surface area contributed by atoms with Gasteiger partial charge in [0.05, 0.1) is 5.56 Å². The molecular formula is C20H20F4O5S. The van der Waals surface area contributed by atoms with E-state index in [2.05, 4.69) is 4.74 Å². The third-order valence-corrected chi connectivity index (χ3v) is 5.30. The molecule has 0 aliphatic carbocycles. The van der Waals surface area contributed by atoms with Gasteiger partial charge in [-0.2, -0.15) is 17.2 Å². The van der Waals surface area contributed by atoms with E-state index < -0.39 is 50.0 Å². The highest BCUT2D eigenvalue weighted by molar-refractivity contribution is 7.85. The first kappa shape index (κ1) is 23.8. The van der Waals surface area contributed by atoms with Crippen molar-refractivity contribution in [1.29, 1.82) is 0 Å². The Labute approximate surface area is 171 Å². The summed E-state index contributed by atoms with van der Waals surface area (Å²) >= 11 is 0. The van der Waals surface area contributed by atoms with Gasteiger partial charge in [0, 0.05) is 0 Å². The average Bonchev–Trinajstić information content (AvgIpc) is 2.61. The first-order valence-corrected chi connectivity index (χ1v) is 10.3. The zero-order chi connectivity index (χ0) is 23.1. The first-order chi connectivity index (χ1) is 13.7. The van der Waals surface area contributed by atoms with Gasteiger partial charge in [-0.3, -0.25) is 4.55 Å². The van der Waals surface area contributed by atoms with E-state index in [1.54, 1.807) is 46.8 Å². The molecule has 0 saturated heterocycles. The second-order valence-corrected chi connectivity index (χ2v) is 8.76. The Morgan fingerprint density at radius 3 is 1.63 bits per heavy atom. The van der Waals surface area contributed by atoms with Crippen molar-refractivity contribution in [3.8, 4) is 5.75 Å². The van der Waals surface area contributed by atoms with Crippen LogP contribution in [-0.2, 0) is 10.1 Å². The number of halogens is 4. The lowest BCUT2D eigenvalue weighted by molar-refractivity contribution is 0.0713. The molecule has 10 heteroatoms. The Hall–Kier alpha value is -2.46. The van der Waals surface area contributed by atoms with Gasteiger partial charge >= 0.3 is 16.1 Å². The molecule has 0 aliphatic heterocycles. The van der Waals surface area contributed by atoms with E-state index in [-0.39, 0.29) is 17.4 Å². The van der Waals surface area contributed by atoms with Gasteiger partial charge in [0.2, 0.25) is 17.4 Å². The molecule has 0 radical (unpaired) electrons. The molecule has 0 aliphatic rings. The van der Waals surface area contributed by atoms with Crippen LogP contribution in [-0.4, -0.2) is 18.9 Å². The minimum atomic E-state index is -5.62. The second-order valence-electron chi connectivity index (χ2n) is 7.41. The average molecular weight is 448 g/mol. The molecule has 1 N–H and O–H groups in total. The van der Waals surface area contributed by atoms with Crippen LogP contribution in [0.5, 0.6) is 5.75 Å². The minimum absolute atomic E-state index is 0.0101. The van der Waals surface area contributed by atoms with Crippen molar-refractivity contribution in [2.45, 2.75) is 51.3 Å². The molecule has 0 atom stereocenters. The molecule has 2 aromatic carbocycles. The van der Waals surface area contributed by atoms with Crippen LogP contribution in [0.3, 0.4) is 0 Å². The molecule has 5 nitrogen and oxygen atoms in total. The summed E-state index contributed by atoms with van der Waals surface area (Å²) in [5.41, 5.74) is 1.81. The van der Waals surface area contributed by atoms with E-state index >= 15 is 0 Å². The molecule has 0 unspecified atom stereocenters. The van der Waals surface area contributed by atoms with Gasteiger partial charge in [0.25, 0.3) is 0 Å². The van der Waals surface area contributed by atoms with Crippen molar-refractivity contribution in [3.63, 3.8) is 0 Å². The van der Waals surface area contributed by atoms with E-state index in [0.717, 1.165) is 5.56 Å². The normalized spacial score (nSPS) is 12.0. The van der Waals surface area contributed by atoms with Gasteiger partial charge in [0.1, 0.15) is 0 Å². The summed E-state index contributed by atoms with van der Waals surface area (Å²) in [5.74, 6) is -12.7. The Morgan fingerprint density at radius 1 is 0.900 bits per heavy atom. The number of ether oxygens (including phenoxy) is 1. The highest BCUT2D eigenvalue weighted by Crippen LogP contribution is 2.35. The number of hydrogen-bond acceptors (Lipinski definition) is 4. The number of rotatable bonds is 5. The summed E-state index contributed by atoms with van der Waals surface area (Å²) in [5, 5.41) is 0. The Morgan fingerprint density at radius 2 is 1.30 bits per heavy atom. The van der Waals surface area contributed by atoms with Gasteiger partial charge in [0.15, 0.2) is 16.5 Å². The highest BCUT2D eigenvalue weighted by atomic mass is 32.2. The summed E-state index contributed by atoms with van der Waals surface area (Å²) in [6, 6.07) is 3.37. The summed E-state index contributed by atoms with van der Waals surface area (Å²) in [6.07, 6.45) is 0. The molecule has 2 rings (SSSR count). The summed E-state index contributed by atoms with van der Waals surface area (Å²) < 4.78 is 92.1. The van der Waals surface area contributed by atoms with Crippen LogP contribution >= 0.6 is 0 Å². The third-order valence-electron chi connectivity index (χ3n) is 4.43. The molecule has 0 aromatic heterocycles. The van der Waals surface area contributed by atoms with Crippen LogP contribution in [0.15, 0.2) is 17.0 Å². The lowest BCUT2D eigenvalue weighted by Gasteiger charge is -2.20. The Bertz CT molecular complexity index is 1070. The maximum absolute atomic E-state index is 14.3. The zero-order valence-corrected chi connectivity index (χ0v) is 17.6. The molecule has 0 spiro atoms. The molecule has 2 aromatic rings. The number of aryl methyl sites for hydroxylation is 1. The fraction of sp³-hybridized carbons (Fsp3) is 0.350. The third kappa shape index (κ3) is 4.34. The van der Waals surface area contributed by atoms with Gasteiger partial charge in [-0.15, -0.1) is 0 Å². The standard InChI is InChI=1S/C20H20F4O5S/c1-8(2)11-6-10(5)7-12(9(3)4)13(11)20(25)29-18-14(21)16(23)19(30(26,27)28)17(24)15(18)22/h6-9H,1-5H3,(H,26,27,28).